The van der Waals surface area contributed by atoms with Gasteiger partial charge in [0, 0.05) is 18.5 Å². The number of carboxylic acid groups (broad SMARTS) is 1. The van der Waals surface area contributed by atoms with Gasteiger partial charge in [-0.1, -0.05) is 13.8 Å². The van der Waals surface area contributed by atoms with Crippen LogP contribution in [0.15, 0.2) is 0 Å². The van der Waals surface area contributed by atoms with Crippen LogP contribution in [-0.4, -0.2) is 17.7 Å². The van der Waals surface area contributed by atoms with Gasteiger partial charge in [0.05, 0.1) is 0 Å². The molecule has 0 amide bonds. The Kier molecular flexibility index (Phi) is 1.47. The third kappa shape index (κ3) is 0.814. The summed E-state index contributed by atoms with van der Waals surface area (Å²) in [6.07, 6.45) is 0. The van der Waals surface area contributed by atoms with E-state index in [2.05, 4.69) is 0 Å². The van der Waals surface area contributed by atoms with Crippen LogP contribution in [0.4, 0.5) is 0 Å². The minimum Gasteiger partial charge on any atom is -0.550 e. The number of hydrogen-bond acceptors (Lipinski definition) is 3. The van der Waals surface area contributed by atoms with E-state index in [4.69, 9.17) is 5.11 Å². The second-order valence-electron chi connectivity index (χ2n) is 3.41. The summed E-state index contributed by atoms with van der Waals surface area (Å²) in [5.41, 5.74) is -0.256. The van der Waals surface area contributed by atoms with E-state index in [1.165, 1.54) is 0 Å². The first-order valence-electron chi connectivity index (χ1n) is 3.33. The van der Waals surface area contributed by atoms with Crippen molar-refractivity contribution in [2.75, 3.05) is 6.61 Å². The zero-order valence-electron chi connectivity index (χ0n) is 6.13. The van der Waals surface area contributed by atoms with Crippen molar-refractivity contribution in [3.05, 3.63) is 0 Å². The third-order valence-electron chi connectivity index (χ3n) is 2.50. The summed E-state index contributed by atoms with van der Waals surface area (Å²) >= 11 is 0. The second kappa shape index (κ2) is 1.95. The number of aliphatic carboxylic acids is 1. The number of carbonyl (C=O) groups is 1. The molecule has 3 heteroatoms. The first-order chi connectivity index (χ1) is 4.51. The van der Waals surface area contributed by atoms with Crippen LogP contribution in [0.3, 0.4) is 0 Å². The first kappa shape index (κ1) is 7.54. The van der Waals surface area contributed by atoms with Crippen molar-refractivity contribution >= 4 is 5.97 Å². The maximum atomic E-state index is 10.3. The van der Waals surface area contributed by atoms with Gasteiger partial charge in [0.1, 0.15) is 0 Å². The van der Waals surface area contributed by atoms with Crippen LogP contribution in [-0.2, 0) is 4.79 Å². The monoisotopic (exact) mass is 143 g/mol. The Labute approximate surface area is 59.7 Å². The van der Waals surface area contributed by atoms with Gasteiger partial charge in [-0.3, -0.25) is 0 Å². The van der Waals surface area contributed by atoms with Crippen LogP contribution in [0.1, 0.15) is 13.8 Å². The number of aliphatic hydroxyl groups is 1. The topological polar surface area (TPSA) is 60.4 Å². The van der Waals surface area contributed by atoms with Crippen LogP contribution in [0.2, 0.25) is 0 Å². The molecule has 0 heterocycles. The highest BCUT2D eigenvalue weighted by atomic mass is 16.4. The summed E-state index contributed by atoms with van der Waals surface area (Å²) in [7, 11) is 0. The van der Waals surface area contributed by atoms with Gasteiger partial charge in [0.15, 0.2) is 0 Å². The normalized spacial score (nSPS) is 35.5. The standard InChI is InChI=1S/C7H12O3/c1-7(2)4(3-8)5(7)6(9)10/h4-5,8H,3H2,1-2H3,(H,9,10)/p-1. The number of carbonyl (C=O) groups excluding carboxylic acids is 1. The molecule has 1 aliphatic rings. The lowest BCUT2D eigenvalue weighted by molar-refractivity contribution is -0.309. The Hall–Kier alpha value is -0.570. The fraction of sp³-hybridized carbons (Fsp3) is 0.857. The summed E-state index contributed by atoms with van der Waals surface area (Å²) in [6.45, 7) is 3.61. The number of carboxylic acids is 1. The average Bonchev–Trinajstić information content (AvgIpc) is 2.33. The van der Waals surface area contributed by atoms with Gasteiger partial charge < -0.3 is 15.0 Å². The molecular formula is C7H11O3-. The minimum atomic E-state index is -1.04. The molecule has 1 rings (SSSR count). The molecule has 1 fully saturated rings. The largest absolute Gasteiger partial charge is 0.550 e. The minimum absolute atomic E-state index is 0.0500. The van der Waals surface area contributed by atoms with E-state index in [9.17, 15) is 9.90 Å². The fourth-order valence-corrected chi connectivity index (χ4v) is 1.55. The maximum absolute atomic E-state index is 10.3. The van der Waals surface area contributed by atoms with Crippen molar-refractivity contribution in [3.8, 4) is 0 Å². The van der Waals surface area contributed by atoms with E-state index in [1.807, 2.05) is 13.8 Å². The van der Waals surface area contributed by atoms with Crippen LogP contribution in [0.5, 0.6) is 0 Å². The van der Waals surface area contributed by atoms with Crippen LogP contribution < -0.4 is 5.11 Å². The maximum Gasteiger partial charge on any atom is 0.0471 e. The Morgan fingerprint density at radius 2 is 2.20 bits per heavy atom. The predicted molar refractivity (Wildman–Crippen MR) is 32.9 cm³/mol. The molecule has 2 atom stereocenters. The van der Waals surface area contributed by atoms with Crippen LogP contribution in [0, 0.1) is 17.3 Å². The molecule has 10 heavy (non-hydrogen) atoms. The molecule has 0 radical (unpaired) electrons. The van der Waals surface area contributed by atoms with E-state index in [1.54, 1.807) is 0 Å². The Morgan fingerprint density at radius 1 is 1.70 bits per heavy atom. The number of hydrogen-bond donors (Lipinski definition) is 1. The van der Waals surface area contributed by atoms with E-state index >= 15 is 0 Å². The smallest absolute Gasteiger partial charge is 0.0471 e. The molecular weight excluding hydrogens is 132 g/mol. The molecule has 0 aliphatic heterocycles. The van der Waals surface area contributed by atoms with Gasteiger partial charge in [-0.15, -0.1) is 0 Å². The average molecular weight is 143 g/mol. The molecule has 1 saturated carbocycles. The number of aliphatic hydroxyl groups excluding tert-OH is 1. The van der Waals surface area contributed by atoms with Gasteiger partial charge in [-0.25, -0.2) is 0 Å². The lowest BCUT2D eigenvalue weighted by atomic mass is 10.1. The summed E-state index contributed by atoms with van der Waals surface area (Å²) in [5.74, 6) is -1.58. The SMILES string of the molecule is CC1(C)C(CO)C1C(=O)[O-]. The summed E-state index contributed by atoms with van der Waals surface area (Å²) in [5, 5.41) is 19.0. The van der Waals surface area contributed by atoms with Crippen LogP contribution >= 0.6 is 0 Å². The molecule has 0 aromatic heterocycles. The van der Waals surface area contributed by atoms with Gasteiger partial charge in [-0.05, 0) is 11.3 Å². The molecule has 0 saturated heterocycles. The summed E-state index contributed by atoms with van der Waals surface area (Å²) in [4.78, 5) is 10.3. The lowest BCUT2D eigenvalue weighted by Crippen LogP contribution is -2.26. The third-order valence-corrected chi connectivity index (χ3v) is 2.50. The van der Waals surface area contributed by atoms with E-state index < -0.39 is 11.9 Å². The molecule has 1 N–H and O–H groups in total. The second-order valence-corrected chi connectivity index (χ2v) is 3.41. The molecule has 2 unspecified atom stereocenters. The van der Waals surface area contributed by atoms with Gasteiger partial charge in [0.2, 0.25) is 0 Å². The molecule has 3 nitrogen and oxygen atoms in total. The molecule has 0 aromatic carbocycles. The van der Waals surface area contributed by atoms with E-state index in [-0.39, 0.29) is 17.9 Å². The zero-order chi connectivity index (χ0) is 7.94. The Bertz CT molecular complexity index is 162. The van der Waals surface area contributed by atoms with Crippen molar-refractivity contribution < 1.29 is 15.0 Å². The van der Waals surface area contributed by atoms with Crippen molar-refractivity contribution in [2.24, 2.45) is 17.3 Å². The Balaban J connectivity index is 2.61. The molecule has 0 bridgehead atoms. The van der Waals surface area contributed by atoms with Gasteiger partial charge >= 0.3 is 0 Å². The highest BCUT2D eigenvalue weighted by Gasteiger charge is 2.57. The van der Waals surface area contributed by atoms with Crippen molar-refractivity contribution in [2.45, 2.75) is 13.8 Å². The van der Waals surface area contributed by atoms with Crippen molar-refractivity contribution in [3.63, 3.8) is 0 Å². The fourth-order valence-electron chi connectivity index (χ4n) is 1.55. The van der Waals surface area contributed by atoms with Crippen LogP contribution in [0.25, 0.3) is 0 Å². The molecule has 58 valence electrons. The highest BCUT2D eigenvalue weighted by Crippen LogP contribution is 2.57. The van der Waals surface area contributed by atoms with E-state index in [0.717, 1.165) is 0 Å². The van der Waals surface area contributed by atoms with E-state index in [0.29, 0.717) is 0 Å². The van der Waals surface area contributed by atoms with Gasteiger partial charge in [0.25, 0.3) is 0 Å². The van der Waals surface area contributed by atoms with Crippen molar-refractivity contribution in [1.82, 2.24) is 0 Å². The number of rotatable bonds is 2. The highest BCUT2D eigenvalue weighted by molar-refractivity contribution is 5.73. The quantitative estimate of drug-likeness (QED) is 0.539. The molecule has 0 aromatic rings. The van der Waals surface area contributed by atoms with Gasteiger partial charge in [-0.2, -0.15) is 0 Å². The first-order valence-corrected chi connectivity index (χ1v) is 3.33. The molecule has 1 aliphatic carbocycles. The lowest BCUT2D eigenvalue weighted by Gasteiger charge is -2.01. The predicted octanol–water partition coefficient (Wildman–Crippen LogP) is -0.999. The summed E-state index contributed by atoms with van der Waals surface area (Å²) in [6, 6.07) is 0. The molecule has 0 spiro atoms. The summed E-state index contributed by atoms with van der Waals surface area (Å²) < 4.78 is 0. The van der Waals surface area contributed by atoms with Crippen molar-refractivity contribution in [1.29, 1.82) is 0 Å². The zero-order valence-corrected chi connectivity index (χ0v) is 6.13. The Morgan fingerprint density at radius 3 is 2.30 bits per heavy atom.